The summed E-state index contributed by atoms with van der Waals surface area (Å²) in [5.41, 5.74) is 0.683. The van der Waals surface area contributed by atoms with Gasteiger partial charge in [0.1, 0.15) is 11.8 Å². The maximum Gasteiger partial charge on any atom is 0.184 e. The highest BCUT2D eigenvalue weighted by Gasteiger charge is 2.13. The van der Waals surface area contributed by atoms with Crippen molar-refractivity contribution in [2.75, 3.05) is 0 Å². The van der Waals surface area contributed by atoms with E-state index in [4.69, 9.17) is 10.00 Å². The van der Waals surface area contributed by atoms with E-state index in [0.717, 1.165) is 4.47 Å². The molecule has 0 saturated heterocycles. The quantitative estimate of drug-likeness (QED) is 0.923. The van der Waals surface area contributed by atoms with Gasteiger partial charge in [0.15, 0.2) is 6.10 Å². The molecule has 1 unspecified atom stereocenters. The highest BCUT2D eigenvalue weighted by Crippen LogP contribution is 2.29. The summed E-state index contributed by atoms with van der Waals surface area (Å²) >= 11 is 3.33. The molecule has 0 spiro atoms. The second-order valence-electron chi connectivity index (χ2n) is 3.50. The molecule has 1 N–H and O–H groups in total. The Labute approximate surface area is 104 Å². The van der Waals surface area contributed by atoms with E-state index in [9.17, 15) is 5.11 Å². The molecule has 0 saturated carbocycles. The van der Waals surface area contributed by atoms with E-state index in [1.807, 2.05) is 13.0 Å². The molecule has 0 aliphatic carbocycles. The first kappa shape index (κ1) is 13.0. The fraction of sp³-hybridized carbons (Fsp3) is 0.417. The van der Waals surface area contributed by atoms with Crippen molar-refractivity contribution in [3.8, 4) is 11.8 Å². The molecular formula is C12H14BrNO2. The Hall–Kier alpha value is -1.05. The van der Waals surface area contributed by atoms with E-state index in [2.05, 4.69) is 22.0 Å². The maximum absolute atomic E-state index is 9.60. The predicted molar refractivity (Wildman–Crippen MR) is 65.1 cm³/mol. The molecule has 0 aliphatic heterocycles. The average Bonchev–Trinajstić information content (AvgIpc) is 2.27. The van der Waals surface area contributed by atoms with Crippen LogP contribution in [0.5, 0.6) is 5.75 Å². The number of benzene rings is 1. The molecule has 0 radical (unpaired) electrons. The number of hydrogen-bond acceptors (Lipinski definition) is 3. The van der Waals surface area contributed by atoms with Crippen LogP contribution in [0, 0.1) is 11.3 Å². The first-order valence-electron chi connectivity index (χ1n) is 5.12. The first-order chi connectivity index (χ1) is 7.58. The molecule has 0 aromatic heterocycles. The summed E-state index contributed by atoms with van der Waals surface area (Å²) in [6.45, 7) is 3.55. The number of aliphatic hydroxyl groups excluding tert-OH is 1. The van der Waals surface area contributed by atoms with Gasteiger partial charge in [-0.25, -0.2) is 0 Å². The topological polar surface area (TPSA) is 53.2 Å². The minimum Gasteiger partial charge on any atom is -0.475 e. The van der Waals surface area contributed by atoms with Crippen molar-refractivity contribution in [1.82, 2.24) is 0 Å². The van der Waals surface area contributed by atoms with Crippen molar-refractivity contribution >= 4 is 15.9 Å². The first-order valence-corrected chi connectivity index (χ1v) is 5.91. The largest absolute Gasteiger partial charge is 0.475 e. The van der Waals surface area contributed by atoms with Gasteiger partial charge in [-0.3, -0.25) is 0 Å². The smallest absolute Gasteiger partial charge is 0.184 e. The number of aliphatic hydroxyl groups is 1. The molecule has 2 atom stereocenters. The van der Waals surface area contributed by atoms with Gasteiger partial charge in [-0.1, -0.05) is 22.9 Å². The molecule has 3 nitrogen and oxygen atoms in total. The molecular weight excluding hydrogens is 270 g/mol. The standard InChI is InChI=1S/C12H14BrNO2/c1-3-10(7-14)16-12-5-4-9(13)6-11(12)8(2)15/h4-6,8,10,15H,3H2,1-2H3/t8-,10?/m0/s1. The Morgan fingerprint density at radius 1 is 1.56 bits per heavy atom. The van der Waals surface area contributed by atoms with Crippen LogP contribution < -0.4 is 4.74 Å². The molecule has 0 amide bonds. The van der Waals surface area contributed by atoms with Crippen LogP contribution in [0.15, 0.2) is 22.7 Å². The number of hydrogen-bond donors (Lipinski definition) is 1. The third kappa shape index (κ3) is 3.22. The molecule has 1 aromatic rings. The number of halogens is 1. The molecule has 0 bridgehead atoms. The predicted octanol–water partition coefficient (Wildman–Crippen LogP) is 3.18. The van der Waals surface area contributed by atoms with Gasteiger partial charge < -0.3 is 9.84 Å². The summed E-state index contributed by atoms with van der Waals surface area (Å²) in [5, 5.41) is 18.4. The van der Waals surface area contributed by atoms with Crippen molar-refractivity contribution in [3.63, 3.8) is 0 Å². The van der Waals surface area contributed by atoms with E-state index in [1.54, 1.807) is 19.1 Å². The third-order valence-electron chi connectivity index (χ3n) is 2.21. The van der Waals surface area contributed by atoms with Crippen LogP contribution in [0.25, 0.3) is 0 Å². The minimum absolute atomic E-state index is 0.473. The zero-order valence-corrected chi connectivity index (χ0v) is 10.9. The molecule has 0 aliphatic rings. The van der Waals surface area contributed by atoms with Crippen LogP contribution in [0.2, 0.25) is 0 Å². The lowest BCUT2D eigenvalue weighted by Gasteiger charge is -2.16. The van der Waals surface area contributed by atoms with Crippen LogP contribution in [0.4, 0.5) is 0 Å². The Kier molecular flexibility index (Phi) is 4.78. The molecule has 1 aromatic carbocycles. The second-order valence-corrected chi connectivity index (χ2v) is 4.42. The maximum atomic E-state index is 9.60. The molecule has 4 heteroatoms. The fourth-order valence-corrected chi connectivity index (χ4v) is 1.69. The summed E-state index contributed by atoms with van der Waals surface area (Å²) in [7, 11) is 0. The van der Waals surface area contributed by atoms with Crippen LogP contribution in [0.1, 0.15) is 31.9 Å². The normalized spacial score (nSPS) is 13.9. The Bertz CT molecular complexity index is 398. The van der Waals surface area contributed by atoms with Gasteiger partial charge in [-0.15, -0.1) is 0 Å². The van der Waals surface area contributed by atoms with Crippen molar-refractivity contribution in [2.24, 2.45) is 0 Å². The van der Waals surface area contributed by atoms with Crippen LogP contribution in [-0.4, -0.2) is 11.2 Å². The third-order valence-corrected chi connectivity index (χ3v) is 2.70. The van der Waals surface area contributed by atoms with Gasteiger partial charge in [0, 0.05) is 10.0 Å². The fourth-order valence-electron chi connectivity index (χ4n) is 1.31. The monoisotopic (exact) mass is 283 g/mol. The summed E-state index contributed by atoms with van der Waals surface area (Å²) in [5.74, 6) is 0.562. The summed E-state index contributed by atoms with van der Waals surface area (Å²) in [6, 6.07) is 7.44. The molecule has 86 valence electrons. The zero-order valence-electron chi connectivity index (χ0n) is 9.27. The lowest BCUT2D eigenvalue weighted by atomic mass is 10.1. The Balaban J connectivity index is 3.00. The van der Waals surface area contributed by atoms with Crippen molar-refractivity contribution in [3.05, 3.63) is 28.2 Å². The van der Waals surface area contributed by atoms with Crippen molar-refractivity contribution in [1.29, 1.82) is 5.26 Å². The average molecular weight is 284 g/mol. The zero-order chi connectivity index (χ0) is 12.1. The summed E-state index contributed by atoms with van der Waals surface area (Å²) in [4.78, 5) is 0. The van der Waals surface area contributed by atoms with Crippen LogP contribution in [0.3, 0.4) is 0 Å². The highest BCUT2D eigenvalue weighted by atomic mass is 79.9. The Morgan fingerprint density at radius 2 is 2.25 bits per heavy atom. The lowest BCUT2D eigenvalue weighted by Crippen LogP contribution is -2.13. The minimum atomic E-state index is -0.622. The lowest BCUT2D eigenvalue weighted by molar-refractivity contribution is 0.184. The Morgan fingerprint density at radius 3 is 2.75 bits per heavy atom. The number of ether oxygens (including phenoxy) is 1. The van der Waals surface area contributed by atoms with E-state index >= 15 is 0 Å². The number of nitriles is 1. The van der Waals surface area contributed by atoms with Crippen molar-refractivity contribution in [2.45, 2.75) is 32.5 Å². The van der Waals surface area contributed by atoms with Gasteiger partial charge in [0.25, 0.3) is 0 Å². The van der Waals surface area contributed by atoms with E-state index in [0.29, 0.717) is 17.7 Å². The van der Waals surface area contributed by atoms with Crippen LogP contribution >= 0.6 is 15.9 Å². The second kappa shape index (κ2) is 5.88. The van der Waals surface area contributed by atoms with Crippen molar-refractivity contribution < 1.29 is 9.84 Å². The van der Waals surface area contributed by atoms with Gasteiger partial charge in [0.05, 0.1) is 6.10 Å². The van der Waals surface area contributed by atoms with Gasteiger partial charge in [-0.2, -0.15) is 5.26 Å². The SMILES string of the molecule is CCC(C#N)Oc1ccc(Br)cc1[C@H](C)O. The summed E-state index contributed by atoms with van der Waals surface area (Å²) < 4.78 is 6.39. The van der Waals surface area contributed by atoms with Crippen LogP contribution in [-0.2, 0) is 0 Å². The summed E-state index contributed by atoms with van der Waals surface area (Å²) in [6.07, 6.45) is -0.478. The number of nitrogens with zero attached hydrogens (tertiary/aromatic N) is 1. The highest BCUT2D eigenvalue weighted by molar-refractivity contribution is 9.10. The molecule has 16 heavy (non-hydrogen) atoms. The van der Waals surface area contributed by atoms with E-state index < -0.39 is 12.2 Å². The molecule has 0 heterocycles. The number of rotatable bonds is 4. The van der Waals surface area contributed by atoms with Gasteiger partial charge in [0.2, 0.25) is 0 Å². The molecule has 0 fully saturated rings. The van der Waals surface area contributed by atoms with E-state index in [1.165, 1.54) is 0 Å². The van der Waals surface area contributed by atoms with Gasteiger partial charge >= 0.3 is 0 Å². The van der Waals surface area contributed by atoms with Gasteiger partial charge in [-0.05, 0) is 31.5 Å². The molecule has 1 rings (SSSR count). The van der Waals surface area contributed by atoms with E-state index in [-0.39, 0.29) is 0 Å².